The van der Waals surface area contributed by atoms with Gasteiger partial charge in [-0.25, -0.2) is 0 Å². The first kappa shape index (κ1) is 35.2. The van der Waals surface area contributed by atoms with Crippen molar-refractivity contribution in [2.45, 2.75) is 37.3 Å². The molecule has 0 radical (unpaired) electrons. The minimum atomic E-state index is -0.925. The predicted octanol–water partition coefficient (Wildman–Crippen LogP) is 5.90. The van der Waals surface area contributed by atoms with Crippen LogP contribution in [0, 0.1) is 14.3 Å². The second-order valence-electron chi connectivity index (χ2n) is 7.61. The van der Waals surface area contributed by atoms with E-state index in [4.69, 9.17) is 24.7 Å². The van der Waals surface area contributed by atoms with Gasteiger partial charge in [-0.3, -0.25) is 9.59 Å². The van der Waals surface area contributed by atoms with E-state index >= 15 is 0 Å². The van der Waals surface area contributed by atoms with Crippen molar-refractivity contribution in [3.8, 4) is 0 Å². The number of hydrogen-bond acceptors (Lipinski definition) is 7. The van der Waals surface area contributed by atoms with Gasteiger partial charge >= 0.3 is 5.97 Å². The van der Waals surface area contributed by atoms with Crippen LogP contribution in [0.25, 0.3) is 0 Å². The molecule has 0 saturated heterocycles. The van der Waals surface area contributed by atoms with Crippen molar-refractivity contribution in [1.82, 2.24) is 0 Å². The smallest absolute Gasteiger partial charge is 0.305 e. The first-order valence-corrected chi connectivity index (χ1v) is 15.2. The zero-order chi connectivity index (χ0) is 28.2. The fourth-order valence-corrected chi connectivity index (χ4v) is 5.99. The number of amides is 1. The van der Waals surface area contributed by atoms with Crippen molar-refractivity contribution >= 4 is 102 Å². The fourth-order valence-electron chi connectivity index (χ4n) is 3.52. The number of hydrogen-bond donors (Lipinski definition) is 1. The molecule has 12 heteroatoms. The van der Waals surface area contributed by atoms with E-state index in [2.05, 4.69) is 95.1 Å². The Morgan fingerprint density at radius 3 is 1.41 bits per heavy atom. The van der Waals surface area contributed by atoms with Crippen molar-refractivity contribution in [2.24, 2.45) is 5.73 Å². The number of benzene rings is 2. The van der Waals surface area contributed by atoms with Gasteiger partial charge < -0.3 is 29.4 Å². The minimum absolute atomic E-state index is 0.212. The third-order valence-electron chi connectivity index (χ3n) is 5.58. The number of halogens is 4. The molecule has 0 aliphatic heterocycles. The van der Waals surface area contributed by atoms with Crippen molar-refractivity contribution in [2.75, 3.05) is 35.5 Å². The summed E-state index contributed by atoms with van der Waals surface area (Å²) in [4.78, 5) is 22.3. The molecule has 0 aromatic heterocycles. The van der Waals surface area contributed by atoms with Crippen LogP contribution in [0.1, 0.15) is 36.8 Å². The third kappa shape index (κ3) is 10.2. The molecule has 0 unspecified atom stereocenters. The van der Waals surface area contributed by atoms with Crippen molar-refractivity contribution in [3.05, 3.63) is 61.8 Å². The number of carbonyl (C=O) groups is 2. The maximum absolute atomic E-state index is 11.3. The molecule has 0 saturated carbocycles. The summed E-state index contributed by atoms with van der Waals surface area (Å²) in [6.45, 7) is 0. The van der Waals surface area contributed by atoms with Crippen LogP contribution in [-0.2, 0) is 44.8 Å². The molecule has 0 atom stereocenters. The van der Waals surface area contributed by atoms with Crippen LogP contribution in [0.15, 0.2) is 36.4 Å². The van der Waals surface area contributed by atoms with Gasteiger partial charge in [-0.05, 0) is 127 Å². The fraction of sp³-hybridized carbons (Fsp3) is 0.440. The summed E-state index contributed by atoms with van der Waals surface area (Å²) in [5.41, 5.74) is 7.04. The number of nitrogens with two attached hydrogens (primary N) is 1. The second kappa shape index (κ2) is 17.1. The molecule has 37 heavy (non-hydrogen) atoms. The molecule has 1 amide bonds. The highest BCUT2D eigenvalue weighted by molar-refractivity contribution is 14.1. The van der Waals surface area contributed by atoms with E-state index in [1.54, 1.807) is 28.4 Å². The van der Waals surface area contributed by atoms with Crippen LogP contribution < -0.4 is 5.73 Å². The van der Waals surface area contributed by atoms with Crippen LogP contribution in [0.5, 0.6) is 0 Å². The summed E-state index contributed by atoms with van der Waals surface area (Å²) in [7, 11) is 7.67. The summed E-state index contributed by atoms with van der Waals surface area (Å²) in [6.07, 6.45) is 1.25. The van der Waals surface area contributed by atoms with Crippen LogP contribution >= 0.6 is 90.4 Å². The largest absolute Gasteiger partial charge is 0.469 e. The number of rotatable bonds is 12. The normalized spacial score (nSPS) is 11.5. The maximum atomic E-state index is 11.3. The third-order valence-corrected chi connectivity index (χ3v) is 8.81. The average molecular weight is 965 g/mol. The van der Waals surface area contributed by atoms with E-state index in [1.807, 2.05) is 36.4 Å². The Morgan fingerprint density at radius 2 is 1.08 bits per heavy atom. The quantitative estimate of drug-likeness (QED) is 0.161. The molecule has 2 N–H and O–H groups in total. The first-order chi connectivity index (χ1) is 17.4. The number of carbonyl (C=O) groups excluding carboxylic acids is 2. The summed E-state index contributed by atoms with van der Waals surface area (Å²) >= 11 is 8.93. The van der Waals surface area contributed by atoms with Gasteiger partial charge in [0.15, 0.2) is 11.6 Å². The minimum Gasteiger partial charge on any atom is -0.469 e. The van der Waals surface area contributed by atoms with Gasteiger partial charge in [-0.15, -0.1) is 0 Å². The Bertz CT molecular complexity index is 1040. The van der Waals surface area contributed by atoms with Gasteiger partial charge in [0.1, 0.15) is 0 Å². The highest BCUT2D eigenvalue weighted by Crippen LogP contribution is 2.36. The Hall–Kier alpha value is 0.140. The molecule has 8 nitrogen and oxygen atoms in total. The SMILES string of the molecule is COC(=O)CCC(OC)(OC)c1cc(I)ccc1I.COC(CCC(N)=O)(OC)c1cc(I)ccc1I. The van der Waals surface area contributed by atoms with Crippen LogP contribution in [0.3, 0.4) is 0 Å². The Kier molecular flexibility index (Phi) is 16.2. The molecule has 0 spiro atoms. The zero-order valence-corrected chi connectivity index (χ0v) is 29.9. The molecule has 206 valence electrons. The van der Waals surface area contributed by atoms with E-state index in [-0.39, 0.29) is 24.7 Å². The van der Waals surface area contributed by atoms with Gasteiger partial charge in [0.2, 0.25) is 5.91 Å². The molecular formula is C25H31I4NO7. The van der Waals surface area contributed by atoms with E-state index in [0.717, 1.165) is 25.4 Å². The molecule has 0 aliphatic carbocycles. The lowest BCUT2D eigenvalue weighted by molar-refractivity contribution is -0.222. The molecule has 0 fully saturated rings. The Balaban J connectivity index is 0.000000371. The number of methoxy groups -OCH3 is 5. The van der Waals surface area contributed by atoms with Crippen molar-refractivity contribution in [3.63, 3.8) is 0 Å². The number of esters is 1. The van der Waals surface area contributed by atoms with Gasteiger partial charge in [0.25, 0.3) is 0 Å². The molecule has 0 bridgehead atoms. The molecule has 2 aromatic rings. The predicted molar refractivity (Wildman–Crippen MR) is 175 cm³/mol. The standard InChI is InChI=1S/C13H16I2O4.C12H15I2NO3/c1-17-12(16)6-7-13(18-2,19-3)10-8-9(14)4-5-11(10)15;1-17-12(18-2,6-5-11(15)16)9-7-8(13)3-4-10(9)14/h4-5,8H,6-7H2,1-3H3;3-4,7H,5-6H2,1-2H3,(H2,15,16). The first-order valence-electron chi connectivity index (χ1n) is 10.9. The van der Waals surface area contributed by atoms with Crippen LogP contribution in [0.4, 0.5) is 0 Å². The summed E-state index contributed by atoms with van der Waals surface area (Å²) in [5.74, 6) is -2.49. The summed E-state index contributed by atoms with van der Waals surface area (Å²) < 4.78 is 31.1. The van der Waals surface area contributed by atoms with Gasteiger partial charge in [0, 0.05) is 73.1 Å². The lowest BCUT2D eigenvalue weighted by Crippen LogP contribution is -2.33. The van der Waals surface area contributed by atoms with E-state index in [9.17, 15) is 9.59 Å². The van der Waals surface area contributed by atoms with Crippen molar-refractivity contribution < 1.29 is 33.3 Å². The maximum Gasteiger partial charge on any atom is 0.305 e. The van der Waals surface area contributed by atoms with Gasteiger partial charge in [-0.1, -0.05) is 0 Å². The highest BCUT2D eigenvalue weighted by atomic mass is 127. The van der Waals surface area contributed by atoms with E-state index in [1.165, 1.54) is 7.11 Å². The highest BCUT2D eigenvalue weighted by Gasteiger charge is 2.35. The van der Waals surface area contributed by atoms with E-state index < -0.39 is 11.6 Å². The Labute approximate surface area is 273 Å². The lowest BCUT2D eigenvalue weighted by atomic mass is 10.00. The lowest BCUT2D eigenvalue weighted by Gasteiger charge is -2.32. The molecule has 0 aliphatic rings. The molecular weight excluding hydrogens is 934 g/mol. The number of ether oxygens (including phenoxy) is 5. The Morgan fingerprint density at radius 1 is 0.703 bits per heavy atom. The number of primary amides is 1. The average Bonchev–Trinajstić information content (AvgIpc) is 2.89. The van der Waals surface area contributed by atoms with Gasteiger partial charge in [-0.2, -0.15) is 0 Å². The molecule has 0 heterocycles. The van der Waals surface area contributed by atoms with Crippen molar-refractivity contribution in [1.29, 1.82) is 0 Å². The van der Waals surface area contributed by atoms with Gasteiger partial charge in [0.05, 0.1) is 13.5 Å². The van der Waals surface area contributed by atoms with Crippen LogP contribution in [-0.4, -0.2) is 47.4 Å². The molecule has 2 rings (SSSR count). The second-order valence-corrected chi connectivity index (χ2v) is 12.4. The monoisotopic (exact) mass is 965 g/mol. The van der Waals surface area contributed by atoms with Crippen LogP contribution in [0.2, 0.25) is 0 Å². The van der Waals surface area contributed by atoms with E-state index in [0.29, 0.717) is 12.8 Å². The molecule has 2 aromatic carbocycles. The summed E-state index contributed by atoms with van der Waals surface area (Å²) in [6, 6.07) is 12.0. The summed E-state index contributed by atoms with van der Waals surface area (Å²) in [5, 5.41) is 0. The topological polar surface area (TPSA) is 106 Å². The zero-order valence-electron chi connectivity index (χ0n) is 21.2.